The number of nitrogens with zero attached hydrogens (tertiary/aromatic N) is 2. The van der Waals surface area contributed by atoms with Crippen LogP contribution in [0.2, 0.25) is 0 Å². The molecule has 2 N–H and O–H groups in total. The lowest BCUT2D eigenvalue weighted by Crippen LogP contribution is -2.43. The third kappa shape index (κ3) is 1.76. The molecule has 88 valence electrons. The van der Waals surface area contributed by atoms with Crippen molar-refractivity contribution in [3.05, 3.63) is 11.7 Å². The van der Waals surface area contributed by atoms with Crippen molar-refractivity contribution in [3.63, 3.8) is 0 Å². The average molecular weight is 239 g/mol. The Balaban J connectivity index is 1.76. The first-order chi connectivity index (χ1) is 7.78. The van der Waals surface area contributed by atoms with Gasteiger partial charge in [0.25, 0.3) is 0 Å². The fourth-order valence-electron chi connectivity index (χ4n) is 2.28. The Kier molecular flexibility index (Phi) is 2.67. The summed E-state index contributed by atoms with van der Waals surface area (Å²) in [4.78, 5) is 4.50. The Labute approximate surface area is 99.4 Å². The van der Waals surface area contributed by atoms with E-state index in [1.807, 2.05) is 11.8 Å². The fourth-order valence-corrected chi connectivity index (χ4v) is 3.52. The van der Waals surface area contributed by atoms with Gasteiger partial charge in [-0.25, -0.2) is 0 Å². The van der Waals surface area contributed by atoms with Crippen LogP contribution in [-0.2, 0) is 5.54 Å². The number of aromatic nitrogens is 2. The molecule has 3 rings (SSSR count). The zero-order chi connectivity index (χ0) is 11.0. The van der Waals surface area contributed by atoms with E-state index >= 15 is 0 Å². The van der Waals surface area contributed by atoms with Gasteiger partial charge < -0.3 is 10.3 Å². The first-order valence-corrected chi connectivity index (χ1v) is 7.07. The van der Waals surface area contributed by atoms with Gasteiger partial charge in [0, 0.05) is 0 Å². The summed E-state index contributed by atoms with van der Waals surface area (Å²) in [6.45, 7) is 0. The summed E-state index contributed by atoms with van der Waals surface area (Å²) in [5.41, 5.74) is 5.85. The molecule has 5 heteroatoms. The van der Waals surface area contributed by atoms with Crippen molar-refractivity contribution >= 4 is 11.8 Å². The SMILES string of the molecule is NC1(c2nc(C3CCCCS3)no2)CCC1. The minimum Gasteiger partial charge on any atom is -0.337 e. The summed E-state index contributed by atoms with van der Waals surface area (Å²) >= 11 is 1.94. The average Bonchev–Trinajstić information content (AvgIpc) is 2.77. The standard InChI is InChI=1S/C11H17N3OS/c12-11(5-3-6-11)10-13-9(14-15-10)8-4-1-2-7-16-8/h8H,1-7,12H2. The predicted molar refractivity (Wildman–Crippen MR) is 63.1 cm³/mol. The smallest absolute Gasteiger partial charge is 0.246 e. The predicted octanol–water partition coefficient (Wildman–Crippen LogP) is 2.37. The van der Waals surface area contributed by atoms with Crippen molar-refractivity contribution in [2.45, 2.75) is 49.3 Å². The lowest BCUT2D eigenvalue weighted by atomic mass is 9.78. The van der Waals surface area contributed by atoms with Crippen LogP contribution >= 0.6 is 11.8 Å². The van der Waals surface area contributed by atoms with E-state index in [1.54, 1.807) is 0 Å². The van der Waals surface area contributed by atoms with Crippen LogP contribution in [0, 0.1) is 0 Å². The molecule has 2 fully saturated rings. The van der Waals surface area contributed by atoms with Crippen LogP contribution in [0.4, 0.5) is 0 Å². The van der Waals surface area contributed by atoms with Crippen molar-refractivity contribution in [1.29, 1.82) is 0 Å². The molecule has 0 spiro atoms. The van der Waals surface area contributed by atoms with Gasteiger partial charge in [0.2, 0.25) is 5.89 Å². The molecule has 1 saturated carbocycles. The zero-order valence-electron chi connectivity index (χ0n) is 9.32. The van der Waals surface area contributed by atoms with Crippen molar-refractivity contribution in [2.75, 3.05) is 5.75 Å². The molecule has 0 bridgehead atoms. The highest BCUT2D eigenvalue weighted by molar-refractivity contribution is 7.99. The Hall–Kier alpha value is -0.550. The number of nitrogens with two attached hydrogens (primary N) is 1. The quantitative estimate of drug-likeness (QED) is 0.858. The van der Waals surface area contributed by atoms with E-state index in [0.717, 1.165) is 18.7 Å². The maximum Gasteiger partial charge on any atom is 0.246 e. The van der Waals surface area contributed by atoms with E-state index in [9.17, 15) is 0 Å². The number of thioether (sulfide) groups is 1. The van der Waals surface area contributed by atoms with Gasteiger partial charge in [0.1, 0.15) is 0 Å². The van der Waals surface area contributed by atoms with Crippen molar-refractivity contribution in [1.82, 2.24) is 10.1 Å². The van der Waals surface area contributed by atoms with Crippen LogP contribution in [0.15, 0.2) is 4.52 Å². The highest BCUT2D eigenvalue weighted by Gasteiger charge is 2.40. The van der Waals surface area contributed by atoms with E-state index in [4.69, 9.17) is 10.3 Å². The van der Waals surface area contributed by atoms with Gasteiger partial charge in [-0.3, -0.25) is 0 Å². The molecule has 2 heterocycles. The van der Waals surface area contributed by atoms with Crippen molar-refractivity contribution < 1.29 is 4.52 Å². The maximum absolute atomic E-state index is 6.16. The van der Waals surface area contributed by atoms with Crippen molar-refractivity contribution in [3.8, 4) is 0 Å². The van der Waals surface area contributed by atoms with E-state index in [0.29, 0.717) is 11.1 Å². The molecule has 0 aromatic carbocycles. The molecule has 1 atom stereocenters. The monoisotopic (exact) mass is 239 g/mol. The third-order valence-corrected chi connectivity index (χ3v) is 4.95. The highest BCUT2D eigenvalue weighted by atomic mass is 32.2. The molecule has 1 saturated heterocycles. The van der Waals surface area contributed by atoms with Gasteiger partial charge in [0.05, 0.1) is 10.8 Å². The van der Waals surface area contributed by atoms with Gasteiger partial charge in [0.15, 0.2) is 5.82 Å². The van der Waals surface area contributed by atoms with Crippen molar-refractivity contribution in [2.24, 2.45) is 5.73 Å². The lowest BCUT2D eigenvalue weighted by molar-refractivity contribution is 0.181. The second kappa shape index (κ2) is 4.04. The maximum atomic E-state index is 6.16. The molecular formula is C11H17N3OS. The molecule has 0 radical (unpaired) electrons. The van der Waals surface area contributed by atoms with E-state index in [1.165, 1.54) is 31.4 Å². The molecule has 16 heavy (non-hydrogen) atoms. The summed E-state index contributed by atoms with van der Waals surface area (Å²) in [6, 6.07) is 0. The first-order valence-electron chi connectivity index (χ1n) is 6.02. The normalized spacial score (nSPS) is 28.7. The zero-order valence-corrected chi connectivity index (χ0v) is 10.1. The largest absolute Gasteiger partial charge is 0.337 e. The van der Waals surface area contributed by atoms with Crippen LogP contribution in [0.5, 0.6) is 0 Å². The number of rotatable bonds is 2. The molecule has 4 nitrogen and oxygen atoms in total. The van der Waals surface area contributed by atoms with Crippen LogP contribution in [0.3, 0.4) is 0 Å². The van der Waals surface area contributed by atoms with Gasteiger partial charge in [-0.15, -0.1) is 0 Å². The lowest BCUT2D eigenvalue weighted by Gasteiger charge is -2.33. The molecule has 1 aliphatic carbocycles. The molecule has 1 aliphatic heterocycles. The molecule has 2 aliphatic rings. The van der Waals surface area contributed by atoms with Crippen LogP contribution < -0.4 is 5.73 Å². The summed E-state index contributed by atoms with van der Waals surface area (Å²) in [6.07, 6.45) is 6.88. The van der Waals surface area contributed by atoms with E-state index in [2.05, 4.69) is 10.1 Å². The Morgan fingerprint density at radius 3 is 2.81 bits per heavy atom. The fraction of sp³-hybridized carbons (Fsp3) is 0.818. The third-order valence-electron chi connectivity index (χ3n) is 3.58. The van der Waals surface area contributed by atoms with Gasteiger partial charge in [-0.05, 0) is 37.9 Å². The van der Waals surface area contributed by atoms with Gasteiger partial charge in [-0.2, -0.15) is 16.7 Å². The second-order valence-electron chi connectivity index (χ2n) is 4.82. The molecule has 1 aromatic heterocycles. The summed E-state index contributed by atoms with van der Waals surface area (Å²) in [5, 5.41) is 4.53. The summed E-state index contributed by atoms with van der Waals surface area (Å²) in [5.74, 6) is 2.72. The van der Waals surface area contributed by atoms with E-state index < -0.39 is 0 Å². The van der Waals surface area contributed by atoms with Gasteiger partial charge >= 0.3 is 0 Å². The topological polar surface area (TPSA) is 64.9 Å². The van der Waals surface area contributed by atoms with Gasteiger partial charge in [-0.1, -0.05) is 11.6 Å². The minimum absolute atomic E-state index is 0.315. The highest BCUT2D eigenvalue weighted by Crippen LogP contribution is 2.40. The Morgan fingerprint density at radius 1 is 1.31 bits per heavy atom. The van der Waals surface area contributed by atoms with Crippen LogP contribution in [0.1, 0.15) is 55.5 Å². The van der Waals surface area contributed by atoms with Crippen LogP contribution in [-0.4, -0.2) is 15.9 Å². The Bertz CT molecular complexity index is 369. The first kappa shape index (κ1) is 10.6. The van der Waals surface area contributed by atoms with E-state index in [-0.39, 0.29) is 5.54 Å². The molecular weight excluding hydrogens is 222 g/mol. The molecule has 1 unspecified atom stereocenters. The number of hydrogen-bond acceptors (Lipinski definition) is 5. The minimum atomic E-state index is -0.315. The summed E-state index contributed by atoms with van der Waals surface area (Å²) < 4.78 is 5.33. The molecule has 0 amide bonds. The number of hydrogen-bond donors (Lipinski definition) is 1. The Morgan fingerprint density at radius 2 is 2.19 bits per heavy atom. The molecule has 1 aromatic rings. The second-order valence-corrected chi connectivity index (χ2v) is 6.13. The van der Waals surface area contributed by atoms with Crippen LogP contribution in [0.25, 0.3) is 0 Å². The summed E-state index contributed by atoms with van der Waals surface area (Å²) in [7, 11) is 0.